The molecule has 7 heteroatoms. The maximum absolute atomic E-state index is 12.8. The molecule has 2 N–H and O–H groups in total. The maximum atomic E-state index is 12.8. The lowest BCUT2D eigenvalue weighted by molar-refractivity contribution is -0.122. The molecular formula is C23H25N3O4. The first-order valence-corrected chi connectivity index (χ1v) is 9.89. The average molecular weight is 407 g/mol. The number of aromatic nitrogens is 1. The number of nitrogens with zero attached hydrogens (tertiary/aromatic N) is 1. The Bertz CT molecular complexity index is 1120. The highest BCUT2D eigenvalue weighted by Gasteiger charge is 2.26. The van der Waals surface area contributed by atoms with Crippen molar-refractivity contribution in [2.45, 2.75) is 32.4 Å². The van der Waals surface area contributed by atoms with Gasteiger partial charge in [-0.3, -0.25) is 9.59 Å². The molecule has 0 unspecified atom stereocenters. The van der Waals surface area contributed by atoms with Gasteiger partial charge in [-0.1, -0.05) is 6.07 Å². The molecule has 0 fully saturated rings. The molecule has 1 aliphatic carbocycles. The van der Waals surface area contributed by atoms with Crippen molar-refractivity contribution in [3.63, 3.8) is 0 Å². The maximum Gasteiger partial charge on any atom is 0.240 e. The van der Waals surface area contributed by atoms with E-state index in [9.17, 15) is 9.59 Å². The van der Waals surface area contributed by atoms with E-state index in [1.54, 1.807) is 14.2 Å². The third-order valence-corrected chi connectivity index (χ3v) is 5.50. The van der Waals surface area contributed by atoms with Crippen LogP contribution in [0.2, 0.25) is 0 Å². The van der Waals surface area contributed by atoms with Crippen molar-refractivity contribution in [3.05, 3.63) is 53.7 Å². The normalized spacial score (nSPS) is 15.0. The van der Waals surface area contributed by atoms with Crippen LogP contribution < -0.4 is 20.1 Å². The topological polar surface area (TPSA) is 81.6 Å². The van der Waals surface area contributed by atoms with Crippen molar-refractivity contribution in [3.8, 4) is 11.5 Å². The Hall–Kier alpha value is -3.48. The second kappa shape index (κ2) is 8.10. The first-order valence-electron chi connectivity index (χ1n) is 9.89. The highest BCUT2D eigenvalue weighted by Crippen LogP contribution is 2.39. The summed E-state index contributed by atoms with van der Waals surface area (Å²) in [7, 11) is 3.23. The lowest BCUT2D eigenvalue weighted by Crippen LogP contribution is -2.30. The molecule has 1 aliphatic rings. The molecule has 3 aromatic rings. The van der Waals surface area contributed by atoms with E-state index in [1.165, 1.54) is 12.5 Å². The summed E-state index contributed by atoms with van der Waals surface area (Å²) in [5.74, 6) is 1.18. The molecule has 0 saturated carbocycles. The molecule has 156 valence electrons. The van der Waals surface area contributed by atoms with Crippen molar-refractivity contribution in [2.75, 3.05) is 19.5 Å². The van der Waals surface area contributed by atoms with Crippen LogP contribution in [-0.4, -0.2) is 30.6 Å². The van der Waals surface area contributed by atoms with Gasteiger partial charge in [0.15, 0.2) is 11.5 Å². The summed E-state index contributed by atoms with van der Waals surface area (Å²) in [6.45, 7) is 1.68. The van der Waals surface area contributed by atoms with E-state index in [2.05, 4.69) is 10.6 Å². The second-order valence-corrected chi connectivity index (χ2v) is 7.43. The highest BCUT2D eigenvalue weighted by molar-refractivity contribution is 6.01. The van der Waals surface area contributed by atoms with E-state index >= 15 is 0 Å². The number of ether oxygens (including phenoxy) is 2. The molecule has 2 aromatic carbocycles. The van der Waals surface area contributed by atoms with Gasteiger partial charge in [0.1, 0.15) is 6.54 Å². The number of hydrogen-bond donors (Lipinski definition) is 2. The number of benzene rings is 2. The fourth-order valence-corrected chi connectivity index (χ4v) is 4.14. The van der Waals surface area contributed by atoms with Gasteiger partial charge < -0.3 is 24.7 Å². The van der Waals surface area contributed by atoms with E-state index < -0.39 is 0 Å². The molecule has 0 aliphatic heterocycles. The molecule has 0 spiro atoms. The fourth-order valence-electron chi connectivity index (χ4n) is 4.14. The number of rotatable bonds is 6. The molecule has 30 heavy (non-hydrogen) atoms. The Morgan fingerprint density at radius 3 is 2.63 bits per heavy atom. The molecule has 1 heterocycles. The molecule has 1 aromatic heterocycles. The van der Waals surface area contributed by atoms with Crippen LogP contribution >= 0.6 is 0 Å². The standard InChI is InChI=1S/C23H25N3O4/c1-14(27)24-18-5-4-6-20-16(18)9-10-26(20)13-23(28)25-19-8-7-15-11-21(29-2)22(30-3)12-17(15)19/h4-6,9-12,19H,7-8,13H2,1-3H3,(H,24,27)(H,25,28)/t19-/m1/s1. The Morgan fingerprint density at radius 1 is 1.13 bits per heavy atom. The number of carbonyl (C=O) groups is 2. The van der Waals surface area contributed by atoms with Crippen molar-refractivity contribution in [1.29, 1.82) is 0 Å². The quantitative estimate of drug-likeness (QED) is 0.656. The molecule has 2 amide bonds. The minimum atomic E-state index is -0.125. The van der Waals surface area contributed by atoms with E-state index in [-0.39, 0.29) is 24.4 Å². The number of nitrogens with one attached hydrogen (secondary N) is 2. The average Bonchev–Trinajstić information content (AvgIpc) is 3.31. The van der Waals surface area contributed by atoms with Crippen molar-refractivity contribution in [1.82, 2.24) is 9.88 Å². The van der Waals surface area contributed by atoms with Gasteiger partial charge in [-0.25, -0.2) is 0 Å². The summed E-state index contributed by atoms with van der Waals surface area (Å²) in [6, 6.07) is 11.5. The lowest BCUT2D eigenvalue weighted by atomic mass is 10.1. The zero-order chi connectivity index (χ0) is 21.3. The summed E-state index contributed by atoms with van der Waals surface area (Å²) >= 11 is 0. The van der Waals surface area contributed by atoms with Gasteiger partial charge >= 0.3 is 0 Å². The molecule has 4 rings (SSSR count). The second-order valence-electron chi connectivity index (χ2n) is 7.43. The first kappa shape index (κ1) is 19.8. The first-order chi connectivity index (χ1) is 14.5. The largest absolute Gasteiger partial charge is 0.493 e. The summed E-state index contributed by atoms with van der Waals surface area (Å²) in [4.78, 5) is 24.2. The number of carbonyl (C=O) groups excluding carboxylic acids is 2. The summed E-state index contributed by atoms with van der Waals surface area (Å²) in [5.41, 5.74) is 3.88. The Labute approximate surface area is 175 Å². The zero-order valence-electron chi connectivity index (χ0n) is 17.3. The van der Waals surface area contributed by atoms with Crippen LogP contribution in [0.3, 0.4) is 0 Å². The van der Waals surface area contributed by atoms with E-state index in [0.29, 0.717) is 11.5 Å². The number of aryl methyl sites for hydroxylation is 1. The van der Waals surface area contributed by atoms with Gasteiger partial charge in [0.25, 0.3) is 0 Å². The van der Waals surface area contributed by atoms with Crippen molar-refractivity contribution in [2.24, 2.45) is 0 Å². The molecular weight excluding hydrogens is 382 g/mol. The highest BCUT2D eigenvalue weighted by atomic mass is 16.5. The summed E-state index contributed by atoms with van der Waals surface area (Å²) in [6.07, 6.45) is 3.59. The SMILES string of the molecule is COc1cc2c(cc1OC)[C@H](NC(=O)Cn1ccc3c(NC(C)=O)cccc31)CC2. The smallest absolute Gasteiger partial charge is 0.240 e. The van der Waals surface area contributed by atoms with Crippen LogP contribution in [-0.2, 0) is 22.6 Å². The van der Waals surface area contributed by atoms with Gasteiger partial charge in [0, 0.05) is 18.5 Å². The van der Waals surface area contributed by atoms with Crippen LogP contribution in [0, 0.1) is 0 Å². The lowest BCUT2D eigenvalue weighted by Gasteiger charge is -2.17. The van der Waals surface area contributed by atoms with E-state index in [1.807, 2.05) is 47.2 Å². The van der Waals surface area contributed by atoms with Crippen molar-refractivity contribution < 1.29 is 19.1 Å². The Balaban J connectivity index is 1.51. The Kier molecular flexibility index (Phi) is 5.35. The number of methoxy groups -OCH3 is 2. The van der Waals surface area contributed by atoms with Gasteiger partial charge in [-0.05, 0) is 54.3 Å². The van der Waals surface area contributed by atoms with Gasteiger partial charge in [0.05, 0.1) is 31.5 Å². The van der Waals surface area contributed by atoms with Crippen molar-refractivity contribution >= 4 is 28.4 Å². The zero-order valence-corrected chi connectivity index (χ0v) is 17.3. The predicted molar refractivity (Wildman–Crippen MR) is 115 cm³/mol. The monoisotopic (exact) mass is 407 g/mol. The van der Waals surface area contributed by atoms with Gasteiger partial charge in [-0.2, -0.15) is 0 Å². The van der Waals surface area contributed by atoms with Crippen LogP contribution in [0.25, 0.3) is 10.9 Å². The minimum Gasteiger partial charge on any atom is -0.493 e. The third kappa shape index (κ3) is 3.70. The molecule has 0 saturated heterocycles. The molecule has 0 bridgehead atoms. The van der Waals surface area contributed by atoms with E-state index in [4.69, 9.17) is 9.47 Å². The molecule has 7 nitrogen and oxygen atoms in total. The van der Waals surface area contributed by atoms with Crippen LogP contribution in [0.15, 0.2) is 42.6 Å². The van der Waals surface area contributed by atoms with Gasteiger partial charge in [-0.15, -0.1) is 0 Å². The number of hydrogen-bond acceptors (Lipinski definition) is 4. The Morgan fingerprint density at radius 2 is 1.90 bits per heavy atom. The molecule has 0 radical (unpaired) electrons. The summed E-state index contributed by atoms with van der Waals surface area (Å²) < 4.78 is 12.7. The molecule has 1 atom stereocenters. The van der Waals surface area contributed by atoms with Crippen LogP contribution in [0.5, 0.6) is 11.5 Å². The predicted octanol–water partition coefficient (Wildman–Crippen LogP) is 3.42. The van der Waals surface area contributed by atoms with Crippen LogP contribution in [0.4, 0.5) is 5.69 Å². The van der Waals surface area contributed by atoms with Gasteiger partial charge in [0.2, 0.25) is 11.8 Å². The third-order valence-electron chi connectivity index (χ3n) is 5.50. The minimum absolute atomic E-state index is 0.0518. The van der Waals surface area contributed by atoms with E-state index in [0.717, 1.165) is 35.0 Å². The number of fused-ring (bicyclic) bond motifs is 2. The fraction of sp³-hybridized carbons (Fsp3) is 0.304. The number of anilines is 1. The summed E-state index contributed by atoms with van der Waals surface area (Å²) in [5, 5.41) is 6.88. The van der Waals surface area contributed by atoms with Crippen LogP contribution in [0.1, 0.15) is 30.5 Å². The number of amides is 2.